The number of halogens is 1. The molecule has 1 saturated carbocycles. The molecule has 38 heavy (non-hydrogen) atoms. The number of benzene rings is 2. The Labute approximate surface area is 234 Å². The maximum atomic E-state index is 12.6. The highest BCUT2D eigenvalue weighted by molar-refractivity contribution is 9.10. The first kappa shape index (κ1) is 26.9. The van der Waals surface area contributed by atoms with E-state index in [1.165, 1.54) is 17.5 Å². The highest BCUT2D eigenvalue weighted by Gasteiger charge is 2.50. The molecule has 1 aliphatic carbocycles. The number of piperidine rings is 1. The number of anilines is 2. The van der Waals surface area contributed by atoms with Gasteiger partial charge in [-0.25, -0.2) is 9.79 Å². The molecule has 2 aliphatic heterocycles. The standard InChI is InChI=1S/C31H38BrN3O3/c1-21-25(32)9-8-10-26(21)35-27-12-11-23(22-13-17-34(18-14-22)29(37)38-30(2,3)4)19-24(27)31(28(35)33-20-36)15-6-5-7-16-31/h8-12,19-20,22H,5-7,13-18H2,1-4H3. The number of carbonyl (C=O) groups excluding carboxylic acids is 2. The molecule has 1 saturated heterocycles. The van der Waals surface area contributed by atoms with E-state index in [1.807, 2.05) is 31.7 Å². The van der Waals surface area contributed by atoms with E-state index in [0.29, 0.717) is 25.4 Å². The summed E-state index contributed by atoms with van der Waals surface area (Å²) in [5, 5.41) is 0. The van der Waals surface area contributed by atoms with Crippen LogP contribution in [-0.4, -0.2) is 41.9 Å². The van der Waals surface area contributed by atoms with Gasteiger partial charge in [0.05, 0.1) is 16.8 Å². The third-order valence-corrected chi connectivity index (χ3v) is 9.26. The van der Waals surface area contributed by atoms with Crippen molar-refractivity contribution in [3.8, 4) is 0 Å². The van der Waals surface area contributed by atoms with Crippen molar-refractivity contribution in [1.29, 1.82) is 0 Å². The van der Waals surface area contributed by atoms with Crippen molar-refractivity contribution in [1.82, 2.24) is 4.90 Å². The molecule has 2 aromatic carbocycles. The Bertz CT molecular complexity index is 1250. The minimum atomic E-state index is -0.485. The molecular formula is C31H38BrN3O3. The van der Waals surface area contributed by atoms with Crippen LogP contribution in [0.5, 0.6) is 0 Å². The summed E-state index contributed by atoms with van der Waals surface area (Å²) in [6.07, 6.45) is 7.77. The molecule has 6 nitrogen and oxygen atoms in total. The zero-order chi connectivity index (χ0) is 27.1. The van der Waals surface area contributed by atoms with Crippen LogP contribution in [-0.2, 0) is 14.9 Å². The fourth-order valence-electron chi connectivity index (χ4n) is 6.52. The number of nitrogens with zero attached hydrogens (tertiary/aromatic N) is 3. The second-order valence-electron chi connectivity index (χ2n) is 11.9. The second-order valence-corrected chi connectivity index (χ2v) is 12.8. The van der Waals surface area contributed by atoms with Gasteiger partial charge in [0.15, 0.2) is 0 Å². The van der Waals surface area contributed by atoms with Crippen LogP contribution in [0.4, 0.5) is 16.2 Å². The SMILES string of the molecule is Cc1c(Br)cccc1N1C(=NC=O)C2(CCCCC2)c2cc(C3CCN(C(=O)OC(C)(C)C)CC3)ccc21. The Morgan fingerprint density at radius 1 is 1.08 bits per heavy atom. The van der Waals surface area contributed by atoms with Gasteiger partial charge in [0.1, 0.15) is 11.4 Å². The van der Waals surface area contributed by atoms with Crippen LogP contribution in [0.2, 0.25) is 0 Å². The van der Waals surface area contributed by atoms with Crippen LogP contribution < -0.4 is 4.90 Å². The van der Waals surface area contributed by atoms with Crippen molar-refractivity contribution >= 4 is 45.6 Å². The summed E-state index contributed by atoms with van der Waals surface area (Å²) in [4.78, 5) is 33.1. The summed E-state index contributed by atoms with van der Waals surface area (Å²) in [6, 6.07) is 13.1. The maximum Gasteiger partial charge on any atom is 0.410 e. The first-order chi connectivity index (χ1) is 18.1. The lowest BCUT2D eigenvalue weighted by molar-refractivity contribution is -0.106. The minimum Gasteiger partial charge on any atom is -0.444 e. The van der Waals surface area contributed by atoms with Crippen molar-refractivity contribution in [2.75, 3.05) is 18.0 Å². The van der Waals surface area contributed by atoms with E-state index in [9.17, 15) is 9.59 Å². The fraction of sp³-hybridized carbons (Fsp3) is 0.516. The quantitative estimate of drug-likeness (QED) is 0.348. The van der Waals surface area contributed by atoms with E-state index in [-0.39, 0.29) is 11.5 Å². The highest BCUT2D eigenvalue weighted by Crippen LogP contribution is 2.54. The van der Waals surface area contributed by atoms with Gasteiger partial charge in [-0.2, -0.15) is 0 Å². The van der Waals surface area contributed by atoms with Gasteiger partial charge in [0.25, 0.3) is 0 Å². The van der Waals surface area contributed by atoms with Crippen molar-refractivity contribution in [3.05, 3.63) is 57.6 Å². The molecule has 5 rings (SSSR count). The number of fused-ring (bicyclic) bond motifs is 2. The number of carbonyl (C=O) groups is 2. The summed E-state index contributed by atoms with van der Waals surface area (Å²) in [5.74, 6) is 1.24. The van der Waals surface area contributed by atoms with Gasteiger partial charge in [0, 0.05) is 17.6 Å². The van der Waals surface area contributed by atoms with E-state index in [2.05, 4.69) is 63.1 Å². The zero-order valence-corrected chi connectivity index (χ0v) is 24.5. The van der Waals surface area contributed by atoms with Crippen LogP contribution in [0, 0.1) is 6.92 Å². The molecular weight excluding hydrogens is 542 g/mol. The number of hydrogen-bond acceptors (Lipinski definition) is 3. The molecule has 0 atom stereocenters. The average molecular weight is 581 g/mol. The molecule has 2 aromatic rings. The number of aliphatic imine (C=N–C) groups is 1. The lowest BCUT2D eigenvalue weighted by Crippen LogP contribution is -2.41. The zero-order valence-electron chi connectivity index (χ0n) is 22.9. The Morgan fingerprint density at radius 3 is 2.45 bits per heavy atom. The summed E-state index contributed by atoms with van der Waals surface area (Å²) in [7, 11) is 0. The normalized spacial score (nSPS) is 20.6. The molecule has 0 bridgehead atoms. The topological polar surface area (TPSA) is 62.2 Å². The molecule has 0 N–H and O–H groups in total. The Morgan fingerprint density at radius 2 is 1.79 bits per heavy atom. The second kappa shape index (κ2) is 10.5. The summed E-state index contributed by atoms with van der Waals surface area (Å²) >= 11 is 3.70. The molecule has 3 aliphatic rings. The molecule has 202 valence electrons. The first-order valence-corrected chi connectivity index (χ1v) is 14.6. The van der Waals surface area contributed by atoms with Crippen LogP contribution in [0.3, 0.4) is 0 Å². The maximum absolute atomic E-state index is 12.6. The lowest BCUT2D eigenvalue weighted by Gasteiger charge is -2.36. The fourth-order valence-corrected chi connectivity index (χ4v) is 6.87. The van der Waals surface area contributed by atoms with E-state index in [0.717, 1.165) is 65.8 Å². The third kappa shape index (κ3) is 4.90. The third-order valence-electron chi connectivity index (χ3n) is 8.40. The van der Waals surface area contributed by atoms with Crippen LogP contribution >= 0.6 is 15.9 Å². The van der Waals surface area contributed by atoms with E-state index in [4.69, 9.17) is 4.74 Å². The average Bonchev–Trinajstić information content (AvgIpc) is 3.13. The van der Waals surface area contributed by atoms with Crippen LogP contribution in [0.1, 0.15) is 88.3 Å². The predicted molar refractivity (Wildman–Crippen MR) is 156 cm³/mol. The highest BCUT2D eigenvalue weighted by atomic mass is 79.9. The van der Waals surface area contributed by atoms with Crippen LogP contribution in [0.15, 0.2) is 45.9 Å². The van der Waals surface area contributed by atoms with Crippen molar-refractivity contribution in [3.63, 3.8) is 0 Å². The van der Waals surface area contributed by atoms with Crippen molar-refractivity contribution < 1.29 is 14.3 Å². The number of likely N-dealkylation sites (tertiary alicyclic amines) is 1. The van der Waals surface area contributed by atoms with Gasteiger partial charge >= 0.3 is 6.09 Å². The lowest BCUT2D eigenvalue weighted by atomic mass is 9.69. The largest absolute Gasteiger partial charge is 0.444 e. The molecule has 0 unspecified atom stereocenters. The van der Waals surface area contributed by atoms with Gasteiger partial charge in [-0.1, -0.05) is 53.4 Å². The Kier molecular flexibility index (Phi) is 7.42. The minimum absolute atomic E-state index is 0.221. The molecule has 0 aromatic heterocycles. The van der Waals surface area contributed by atoms with Crippen molar-refractivity contribution in [2.24, 2.45) is 4.99 Å². The number of hydrogen-bond donors (Lipinski definition) is 0. The van der Waals surface area contributed by atoms with E-state index < -0.39 is 5.60 Å². The molecule has 2 heterocycles. The van der Waals surface area contributed by atoms with Gasteiger partial charge in [-0.3, -0.25) is 9.69 Å². The molecule has 2 amide bonds. The monoisotopic (exact) mass is 579 g/mol. The predicted octanol–water partition coefficient (Wildman–Crippen LogP) is 7.78. The Balaban J connectivity index is 1.50. The van der Waals surface area contributed by atoms with Crippen molar-refractivity contribution in [2.45, 2.75) is 89.6 Å². The van der Waals surface area contributed by atoms with Crippen LogP contribution in [0.25, 0.3) is 0 Å². The van der Waals surface area contributed by atoms with E-state index >= 15 is 0 Å². The summed E-state index contributed by atoms with van der Waals surface area (Å²) < 4.78 is 6.64. The first-order valence-electron chi connectivity index (χ1n) is 13.8. The summed E-state index contributed by atoms with van der Waals surface area (Å²) in [6.45, 7) is 9.22. The number of rotatable bonds is 3. The number of amides is 2. The van der Waals surface area contributed by atoms with Gasteiger partial charge in [-0.05, 0) is 94.2 Å². The molecule has 0 radical (unpaired) electrons. The van der Waals surface area contributed by atoms with Gasteiger partial charge in [-0.15, -0.1) is 0 Å². The molecule has 7 heteroatoms. The van der Waals surface area contributed by atoms with Gasteiger partial charge in [0.2, 0.25) is 6.41 Å². The van der Waals surface area contributed by atoms with E-state index in [1.54, 1.807) is 0 Å². The molecule has 2 fully saturated rings. The molecule has 1 spiro atoms. The Hall–Kier alpha value is -2.67. The number of ether oxygens (including phenoxy) is 1. The number of amidine groups is 1. The summed E-state index contributed by atoms with van der Waals surface area (Å²) in [5.41, 5.74) is 5.19. The smallest absolute Gasteiger partial charge is 0.410 e. The van der Waals surface area contributed by atoms with Gasteiger partial charge < -0.3 is 9.64 Å².